The highest BCUT2D eigenvalue weighted by Crippen LogP contribution is 2.34. The molecule has 160 valence electrons. The van der Waals surface area contributed by atoms with Crippen LogP contribution in [0.1, 0.15) is 33.5 Å². The number of ether oxygens (including phenoxy) is 1. The third kappa shape index (κ3) is 4.00. The number of thiophene rings is 1. The van der Waals surface area contributed by atoms with Crippen LogP contribution in [-0.2, 0) is 17.5 Å². The molecule has 0 spiro atoms. The molecule has 10 heteroatoms. The maximum atomic E-state index is 12.2. The highest BCUT2D eigenvalue weighted by Gasteiger charge is 2.21. The van der Waals surface area contributed by atoms with Gasteiger partial charge in [-0.15, -0.1) is 21.5 Å². The summed E-state index contributed by atoms with van der Waals surface area (Å²) < 4.78 is 7.10. The molecule has 0 amide bonds. The molecule has 0 aliphatic carbocycles. The number of fused-ring (bicyclic) bond motifs is 1. The summed E-state index contributed by atoms with van der Waals surface area (Å²) in [6.07, 6.45) is 0. The molecule has 8 nitrogen and oxygen atoms in total. The second kappa shape index (κ2) is 8.64. The van der Waals surface area contributed by atoms with Crippen molar-refractivity contribution >= 4 is 45.1 Å². The maximum absolute atomic E-state index is 12.2. The van der Waals surface area contributed by atoms with Crippen molar-refractivity contribution in [3.05, 3.63) is 46.1 Å². The number of aromatic nitrogens is 5. The van der Waals surface area contributed by atoms with Crippen LogP contribution in [0.3, 0.4) is 0 Å². The van der Waals surface area contributed by atoms with Crippen LogP contribution in [0.2, 0.25) is 0 Å². The van der Waals surface area contributed by atoms with E-state index in [1.807, 2.05) is 36.7 Å². The van der Waals surface area contributed by atoms with E-state index in [1.54, 1.807) is 6.92 Å². The monoisotopic (exact) mass is 454 g/mol. The Morgan fingerprint density at radius 1 is 1.23 bits per heavy atom. The molecule has 2 N–H and O–H groups in total. The van der Waals surface area contributed by atoms with E-state index in [2.05, 4.69) is 33.2 Å². The van der Waals surface area contributed by atoms with E-state index in [0.29, 0.717) is 39.1 Å². The minimum absolute atomic E-state index is 0.317. The Balaban J connectivity index is 1.59. The van der Waals surface area contributed by atoms with Crippen molar-refractivity contribution in [2.24, 2.45) is 7.05 Å². The minimum Gasteiger partial charge on any atom is -0.462 e. The third-order valence-electron chi connectivity index (χ3n) is 4.88. The first kappa shape index (κ1) is 21.3. The van der Waals surface area contributed by atoms with Crippen molar-refractivity contribution in [3.8, 4) is 11.4 Å². The van der Waals surface area contributed by atoms with Gasteiger partial charge in [-0.2, -0.15) is 0 Å². The topological polar surface area (TPSA) is 109 Å². The number of esters is 1. The lowest BCUT2D eigenvalue weighted by Crippen LogP contribution is -2.04. The molecule has 4 aromatic rings. The number of hydrogen-bond acceptors (Lipinski definition) is 9. The molecule has 0 unspecified atom stereocenters. The lowest BCUT2D eigenvalue weighted by Gasteiger charge is -2.06. The number of hydrogen-bond donors (Lipinski definition) is 1. The van der Waals surface area contributed by atoms with E-state index in [0.717, 1.165) is 27.7 Å². The van der Waals surface area contributed by atoms with Crippen molar-refractivity contribution in [2.75, 3.05) is 12.3 Å². The van der Waals surface area contributed by atoms with Crippen molar-refractivity contribution in [1.29, 1.82) is 0 Å². The molecule has 0 bridgehead atoms. The molecule has 3 aromatic heterocycles. The molecular weight excluding hydrogens is 432 g/mol. The third-order valence-corrected chi connectivity index (χ3v) is 7.06. The summed E-state index contributed by atoms with van der Waals surface area (Å²) in [5.41, 5.74) is 9.15. The first-order chi connectivity index (χ1) is 14.9. The second-order valence-corrected chi connectivity index (χ2v) is 8.89. The molecular formula is C21H22N6O2S2. The number of aryl methyl sites for hydroxylation is 2. The summed E-state index contributed by atoms with van der Waals surface area (Å²) in [6, 6.07) is 8.08. The fourth-order valence-electron chi connectivity index (χ4n) is 3.30. The number of nitrogens with zero attached hydrogens (tertiary/aromatic N) is 5. The van der Waals surface area contributed by atoms with Crippen LogP contribution in [-0.4, -0.2) is 37.3 Å². The fraction of sp³-hybridized carbons (Fsp3) is 0.286. The van der Waals surface area contributed by atoms with Crippen LogP contribution in [0, 0.1) is 13.8 Å². The van der Waals surface area contributed by atoms with Gasteiger partial charge in [0.25, 0.3) is 0 Å². The van der Waals surface area contributed by atoms with Gasteiger partial charge < -0.3 is 15.0 Å². The molecule has 31 heavy (non-hydrogen) atoms. The number of rotatable bonds is 6. The van der Waals surface area contributed by atoms with Gasteiger partial charge in [0.1, 0.15) is 21.3 Å². The normalized spacial score (nSPS) is 11.2. The number of anilines is 1. The number of carbonyl (C=O) groups is 1. The zero-order valence-electron chi connectivity index (χ0n) is 17.7. The van der Waals surface area contributed by atoms with E-state index >= 15 is 0 Å². The van der Waals surface area contributed by atoms with Gasteiger partial charge in [-0.3, -0.25) is 0 Å². The summed E-state index contributed by atoms with van der Waals surface area (Å²) in [7, 11) is 1.94. The van der Waals surface area contributed by atoms with Crippen LogP contribution >= 0.6 is 23.1 Å². The molecule has 0 saturated carbocycles. The van der Waals surface area contributed by atoms with Gasteiger partial charge in [0, 0.05) is 12.6 Å². The number of thioether (sulfide) groups is 1. The van der Waals surface area contributed by atoms with Crippen molar-refractivity contribution in [1.82, 2.24) is 24.7 Å². The Labute approximate surface area is 187 Å². The minimum atomic E-state index is -0.360. The molecule has 0 saturated heterocycles. The van der Waals surface area contributed by atoms with Crippen LogP contribution in [0.4, 0.5) is 5.82 Å². The van der Waals surface area contributed by atoms with Crippen molar-refractivity contribution in [2.45, 2.75) is 31.7 Å². The van der Waals surface area contributed by atoms with Crippen LogP contribution < -0.4 is 5.73 Å². The van der Waals surface area contributed by atoms with Crippen LogP contribution in [0.5, 0.6) is 0 Å². The molecule has 1 aromatic carbocycles. The number of nitrogen functional groups attached to an aromatic ring is 1. The first-order valence-electron chi connectivity index (χ1n) is 9.71. The number of carbonyl (C=O) groups excluding carboxylic acids is 1. The van der Waals surface area contributed by atoms with E-state index in [4.69, 9.17) is 10.5 Å². The van der Waals surface area contributed by atoms with Crippen molar-refractivity contribution < 1.29 is 9.53 Å². The van der Waals surface area contributed by atoms with Gasteiger partial charge in [0.15, 0.2) is 11.0 Å². The average molecular weight is 455 g/mol. The SMILES string of the molecule is CCOC(=O)c1sc2nc(CSc3nnc(-c4ccccc4C)n3C)nc(N)c2c1C. The highest BCUT2D eigenvalue weighted by atomic mass is 32.2. The van der Waals surface area contributed by atoms with Crippen molar-refractivity contribution in [3.63, 3.8) is 0 Å². The summed E-state index contributed by atoms with van der Waals surface area (Å²) in [4.78, 5) is 22.5. The fourth-order valence-corrected chi connectivity index (χ4v) is 5.17. The first-order valence-corrected chi connectivity index (χ1v) is 11.5. The van der Waals surface area contributed by atoms with Gasteiger partial charge >= 0.3 is 5.97 Å². The predicted molar refractivity (Wildman–Crippen MR) is 123 cm³/mol. The van der Waals surface area contributed by atoms with E-state index < -0.39 is 0 Å². The van der Waals surface area contributed by atoms with E-state index in [1.165, 1.54) is 23.1 Å². The van der Waals surface area contributed by atoms with Gasteiger partial charge in [-0.1, -0.05) is 36.0 Å². The smallest absolute Gasteiger partial charge is 0.348 e. The zero-order chi connectivity index (χ0) is 22.1. The Kier molecular flexibility index (Phi) is 5.92. The Morgan fingerprint density at radius 2 is 2.00 bits per heavy atom. The maximum Gasteiger partial charge on any atom is 0.348 e. The molecule has 0 aliphatic rings. The molecule has 0 radical (unpaired) electrons. The Morgan fingerprint density at radius 3 is 2.74 bits per heavy atom. The zero-order valence-corrected chi connectivity index (χ0v) is 19.3. The predicted octanol–water partition coefficient (Wildman–Crippen LogP) is 4.15. The lowest BCUT2D eigenvalue weighted by molar-refractivity contribution is 0.0531. The lowest BCUT2D eigenvalue weighted by atomic mass is 10.1. The Hall–Kier alpha value is -2.98. The molecule has 0 fully saturated rings. The Bertz CT molecular complexity index is 1280. The average Bonchev–Trinajstić information content (AvgIpc) is 3.27. The van der Waals surface area contributed by atoms with Crippen LogP contribution in [0.25, 0.3) is 21.6 Å². The highest BCUT2D eigenvalue weighted by molar-refractivity contribution is 7.98. The van der Waals surface area contributed by atoms with E-state index in [9.17, 15) is 4.79 Å². The van der Waals surface area contributed by atoms with Gasteiger partial charge in [-0.25, -0.2) is 14.8 Å². The number of nitrogens with two attached hydrogens (primary N) is 1. The number of benzene rings is 1. The summed E-state index contributed by atoms with van der Waals surface area (Å²) in [5.74, 6) is 1.87. The summed E-state index contributed by atoms with van der Waals surface area (Å²) in [6.45, 7) is 5.99. The van der Waals surface area contributed by atoms with Gasteiger partial charge in [-0.05, 0) is 31.9 Å². The quantitative estimate of drug-likeness (QED) is 0.342. The molecule has 0 aliphatic heterocycles. The second-order valence-electron chi connectivity index (χ2n) is 6.95. The summed E-state index contributed by atoms with van der Waals surface area (Å²) >= 11 is 2.77. The van der Waals surface area contributed by atoms with Gasteiger partial charge in [0.2, 0.25) is 0 Å². The van der Waals surface area contributed by atoms with Gasteiger partial charge in [0.05, 0.1) is 17.7 Å². The molecule has 3 heterocycles. The van der Waals surface area contributed by atoms with E-state index in [-0.39, 0.29) is 5.97 Å². The summed E-state index contributed by atoms with van der Waals surface area (Å²) in [5, 5.41) is 10.2. The molecule has 0 atom stereocenters. The standard InChI is InChI=1S/C21H22N6O2S2/c1-5-29-20(28)16-12(3)15-17(22)23-14(24-19(15)31-16)10-30-21-26-25-18(27(21)4)13-9-7-6-8-11(13)2/h6-9H,5,10H2,1-4H3,(H2,22,23,24). The largest absolute Gasteiger partial charge is 0.462 e. The van der Waals surface area contributed by atoms with Crippen LogP contribution in [0.15, 0.2) is 29.4 Å². The molecule has 4 rings (SSSR count).